The van der Waals surface area contributed by atoms with Crippen LogP contribution in [0.3, 0.4) is 0 Å². The van der Waals surface area contributed by atoms with E-state index in [1.54, 1.807) is 0 Å². The molecule has 0 heterocycles. The number of aliphatic hydroxyl groups is 1. The molecule has 0 aliphatic rings. The van der Waals surface area contributed by atoms with Gasteiger partial charge in [0, 0.05) is 6.61 Å². The van der Waals surface area contributed by atoms with Crippen LogP contribution in [0.5, 0.6) is 0 Å². The average molecular weight is 1170 g/mol. The van der Waals surface area contributed by atoms with Crippen LogP contribution in [-0.4, -0.2) is 276 Å². The maximum absolute atomic E-state index is 8.61. The highest BCUT2D eigenvalue weighted by molar-refractivity contribution is 4.51. The summed E-state index contributed by atoms with van der Waals surface area (Å²) in [6.45, 7) is 22.8. The van der Waals surface area contributed by atoms with E-state index >= 15 is 0 Å². The van der Waals surface area contributed by atoms with Gasteiger partial charge >= 0.3 is 0 Å². The van der Waals surface area contributed by atoms with Crippen molar-refractivity contribution in [2.75, 3.05) is 271 Å². The SMILES string of the molecule is CCCCCCCCCCCCCCCCCCCOCCOCCOCCOCCOCCOCCOCCOCCOCCOCCOCCOCCOCCOCCOCCOCCOCCOCCOCCOCCO. The molecule has 0 aliphatic carbocycles. The predicted molar refractivity (Wildman–Crippen MR) is 308 cm³/mol. The molecule has 0 radical (unpaired) electrons. The molecule has 0 saturated carbocycles. The summed E-state index contributed by atoms with van der Waals surface area (Å²) >= 11 is 0. The Hall–Kier alpha value is -0.840. The first-order valence-corrected chi connectivity index (χ1v) is 31.1. The molecular weight excluding hydrogens is 1040 g/mol. The van der Waals surface area contributed by atoms with Crippen molar-refractivity contribution < 1.29 is 99.8 Å². The van der Waals surface area contributed by atoms with E-state index in [2.05, 4.69) is 6.92 Å². The van der Waals surface area contributed by atoms with Crippen molar-refractivity contribution in [3.8, 4) is 0 Å². The standard InChI is InChI=1S/C59H120O21/c1-2-3-4-5-6-7-8-9-10-11-12-13-14-15-16-17-18-20-61-22-24-63-26-28-65-30-32-67-34-36-69-38-40-71-42-44-73-46-48-75-50-52-77-54-56-79-58-59-80-57-55-78-53-51-76-49-47-74-45-43-72-41-39-70-37-35-68-33-31-66-29-27-64-25-23-62-21-19-60/h60H,2-59H2,1H3. The Morgan fingerprint density at radius 1 is 0.138 bits per heavy atom. The van der Waals surface area contributed by atoms with E-state index in [0.717, 1.165) is 13.0 Å². The van der Waals surface area contributed by atoms with Gasteiger partial charge in [-0.25, -0.2) is 0 Å². The molecule has 0 spiro atoms. The summed E-state index contributed by atoms with van der Waals surface area (Å²) in [5.74, 6) is 0. The third kappa shape index (κ3) is 77.2. The first kappa shape index (κ1) is 79.2. The van der Waals surface area contributed by atoms with Crippen molar-refractivity contribution >= 4 is 0 Å². The predicted octanol–water partition coefficient (Wildman–Crippen LogP) is 6.96. The molecule has 0 aromatic rings. The topological polar surface area (TPSA) is 205 Å². The zero-order chi connectivity index (χ0) is 57.2. The van der Waals surface area contributed by atoms with Crippen LogP contribution in [0.2, 0.25) is 0 Å². The van der Waals surface area contributed by atoms with Crippen LogP contribution in [0.4, 0.5) is 0 Å². The highest BCUT2D eigenvalue weighted by Gasteiger charge is 2.01. The van der Waals surface area contributed by atoms with Crippen LogP contribution in [-0.2, 0) is 94.7 Å². The first-order chi connectivity index (χ1) is 39.9. The van der Waals surface area contributed by atoms with Gasteiger partial charge in [0.15, 0.2) is 0 Å². The second kappa shape index (κ2) is 78.2. The zero-order valence-corrected chi connectivity index (χ0v) is 50.6. The first-order valence-electron chi connectivity index (χ1n) is 31.1. The number of ether oxygens (including phenoxy) is 20. The van der Waals surface area contributed by atoms with Gasteiger partial charge in [-0.2, -0.15) is 0 Å². The molecular formula is C59H120O21. The highest BCUT2D eigenvalue weighted by Crippen LogP contribution is 2.14. The van der Waals surface area contributed by atoms with Crippen LogP contribution < -0.4 is 0 Å². The molecule has 0 saturated heterocycles. The molecule has 0 atom stereocenters. The van der Waals surface area contributed by atoms with Crippen LogP contribution in [0.1, 0.15) is 116 Å². The molecule has 0 bridgehead atoms. The van der Waals surface area contributed by atoms with Gasteiger partial charge in [0.05, 0.1) is 264 Å². The van der Waals surface area contributed by atoms with Crippen molar-refractivity contribution in [2.45, 2.75) is 116 Å². The van der Waals surface area contributed by atoms with Gasteiger partial charge in [-0.1, -0.05) is 110 Å². The van der Waals surface area contributed by atoms with Crippen molar-refractivity contribution in [1.29, 1.82) is 0 Å². The number of hydrogen-bond acceptors (Lipinski definition) is 21. The number of unbranched alkanes of at least 4 members (excludes halogenated alkanes) is 16. The summed E-state index contributed by atoms with van der Waals surface area (Å²) < 4.78 is 110. The quantitative estimate of drug-likeness (QED) is 0.0611. The molecule has 21 nitrogen and oxygen atoms in total. The Balaban J connectivity index is 3.08. The minimum atomic E-state index is 0.0202. The Kier molecular flexibility index (Phi) is 77.3. The second-order valence-electron chi connectivity index (χ2n) is 18.6. The Morgan fingerprint density at radius 3 is 0.388 bits per heavy atom. The van der Waals surface area contributed by atoms with Gasteiger partial charge in [-0.05, 0) is 6.42 Å². The van der Waals surface area contributed by atoms with Gasteiger partial charge in [0.2, 0.25) is 0 Å². The summed E-state index contributed by atoms with van der Waals surface area (Å²) in [6.07, 6.45) is 23.6. The Morgan fingerprint density at radius 2 is 0.250 bits per heavy atom. The molecule has 0 amide bonds. The third-order valence-electron chi connectivity index (χ3n) is 11.7. The van der Waals surface area contributed by atoms with E-state index in [1.807, 2.05) is 0 Å². The van der Waals surface area contributed by atoms with E-state index in [1.165, 1.54) is 103 Å². The van der Waals surface area contributed by atoms with Crippen LogP contribution >= 0.6 is 0 Å². The molecule has 0 aliphatic heterocycles. The Labute approximate surface area is 485 Å². The molecule has 0 aromatic carbocycles. The summed E-state index contributed by atoms with van der Waals surface area (Å²) in [5, 5.41) is 8.61. The lowest BCUT2D eigenvalue weighted by Crippen LogP contribution is -2.16. The van der Waals surface area contributed by atoms with Gasteiger partial charge in [0.25, 0.3) is 0 Å². The van der Waals surface area contributed by atoms with E-state index in [4.69, 9.17) is 99.8 Å². The fraction of sp³-hybridized carbons (Fsp3) is 1.00. The maximum Gasteiger partial charge on any atom is 0.0701 e. The van der Waals surface area contributed by atoms with Crippen molar-refractivity contribution in [3.05, 3.63) is 0 Å². The molecule has 0 aromatic heterocycles. The second-order valence-corrected chi connectivity index (χ2v) is 18.6. The van der Waals surface area contributed by atoms with E-state index in [9.17, 15) is 0 Å². The normalized spacial score (nSPS) is 11.8. The molecule has 482 valence electrons. The van der Waals surface area contributed by atoms with Crippen molar-refractivity contribution in [2.24, 2.45) is 0 Å². The van der Waals surface area contributed by atoms with Crippen LogP contribution in [0, 0.1) is 0 Å². The number of rotatable bonds is 77. The molecule has 80 heavy (non-hydrogen) atoms. The lowest BCUT2D eigenvalue weighted by atomic mass is 10.0. The van der Waals surface area contributed by atoms with E-state index in [0.29, 0.717) is 258 Å². The van der Waals surface area contributed by atoms with Crippen LogP contribution in [0.15, 0.2) is 0 Å². The summed E-state index contributed by atoms with van der Waals surface area (Å²) in [6, 6.07) is 0. The molecule has 1 N–H and O–H groups in total. The molecule has 21 heteroatoms. The zero-order valence-electron chi connectivity index (χ0n) is 50.6. The maximum atomic E-state index is 8.61. The molecule has 0 rings (SSSR count). The monoisotopic (exact) mass is 1160 g/mol. The molecule has 0 fully saturated rings. The smallest absolute Gasteiger partial charge is 0.0701 e. The van der Waals surface area contributed by atoms with Gasteiger partial charge in [-0.3, -0.25) is 0 Å². The largest absolute Gasteiger partial charge is 0.394 e. The number of hydrogen-bond donors (Lipinski definition) is 1. The minimum absolute atomic E-state index is 0.0202. The summed E-state index contributed by atoms with van der Waals surface area (Å²) in [7, 11) is 0. The van der Waals surface area contributed by atoms with E-state index in [-0.39, 0.29) is 6.61 Å². The number of aliphatic hydroxyl groups excluding tert-OH is 1. The summed E-state index contributed by atoms with van der Waals surface area (Å²) in [5.41, 5.74) is 0. The average Bonchev–Trinajstić information content (AvgIpc) is 3.47. The minimum Gasteiger partial charge on any atom is -0.394 e. The van der Waals surface area contributed by atoms with Crippen LogP contribution in [0.25, 0.3) is 0 Å². The lowest BCUT2D eigenvalue weighted by molar-refractivity contribution is -0.0315. The van der Waals surface area contributed by atoms with Gasteiger partial charge in [-0.15, -0.1) is 0 Å². The van der Waals surface area contributed by atoms with Gasteiger partial charge in [0.1, 0.15) is 0 Å². The fourth-order valence-electron chi connectivity index (χ4n) is 7.27. The van der Waals surface area contributed by atoms with Crippen molar-refractivity contribution in [3.63, 3.8) is 0 Å². The summed E-state index contributed by atoms with van der Waals surface area (Å²) in [4.78, 5) is 0. The fourth-order valence-corrected chi connectivity index (χ4v) is 7.27. The highest BCUT2D eigenvalue weighted by atomic mass is 16.6. The lowest BCUT2D eigenvalue weighted by Gasteiger charge is -2.09. The van der Waals surface area contributed by atoms with Gasteiger partial charge < -0.3 is 99.8 Å². The molecule has 0 unspecified atom stereocenters. The third-order valence-corrected chi connectivity index (χ3v) is 11.7. The Bertz CT molecular complexity index is 969. The van der Waals surface area contributed by atoms with Crippen molar-refractivity contribution in [1.82, 2.24) is 0 Å². The van der Waals surface area contributed by atoms with E-state index < -0.39 is 0 Å².